The van der Waals surface area contributed by atoms with Crippen LogP contribution in [0.25, 0.3) is 0 Å². The van der Waals surface area contributed by atoms with Crippen LogP contribution < -0.4 is 10.6 Å². The minimum absolute atomic E-state index is 0.0423. The molecular formula is C43H66N2O2. The number of carbonyl (C=O) groups is 1. The Morgan fingerprint density at radius 3 is 2.28 bits per heavy atom. The van der Waals surface area contributed by atoms with Gasteiger partial charge >= 0.3 is 0 Å². The van der Waals surface area contributed by atoms with Crippen molar-refractivity contribution in [1.82, 2.24) is 10.6 Å². The molecule has 4 heteroatoms. The molecule has 1 aromatic rings. The first kappa shape index (κ1) is 39.9. The number of aryl methyl sites for hydroxylation is 2. The molecule has 0 bridgehead atoms. The highest BCUT2D eigenvalue weighted by atomic mass is 16.5. The summed E-state index contributed by atoms with van der Waals surface area (Å²) in [6, 6.07) is 3.92. The van der Waals surface area contributed by atoms with Crippen molar-refractivity contribution in [2.24, 2.45) is 29.6 Å². The van der Waals surface area contributed by atoms with Gasteiger partial charge in [-0.05, 0) is 123 Å². The van der Waals surface area contributed by atoms with E-state index in [0.717, 1.165) is 42.5 Å². The van der Waals surface area contributed by atoms with Crippen LogP contribution in [0.2, 0.25) is 0 Å². The first-order chi connectivity index (χ1) is 22.1. The Morgan fingerprint density at radius 2 is 1.70 bits per heavy atom. The average Bonchev–Trinajstić information content (AvgIpc) is 2.99. The Hall–Kier alpha value is -3.27. The second-order valence-corrected chi connectivity index (χ2v) is 15.0. The number of nitrogens with one attached hydrogen (secondary N) is 2. The second kappa shape index (κ2) is 19.5. The number of hydrogen-bond acceptors (Lipinski definition) is 3. The molecule has 0 aliphatic heterocycles. The SMILES string of the molecule is C=C(/C=C/CCC(C)C[C@@H](C)C1=CCC(C)C=C1)N[C@H](Cc1cc(C)c(C)c(C)c1)C(=O)NCC(C)C(=C)OC(CC(C)C)C(=C)C. The Bertz CT molecular complexity index is 1290. The third-order valence-electron chi connectivity index (χ3n) is 9.58. The molecule has 260 valence electrons. The van der Waals surface area contributed by atoms with Gasteiger partial charge in [0.15, 0.2) is 0 Å². The lowest BCUT2D eigenvalue weighted by atomic mass is 9.85. The Morgan fingerprint density at radius 1 is 1.04 bits per heavy atom. The van der Waals surface area contributed by atoms with Crippen molar-refractivity contribution in [1.29, 1.82) is 0 Å². The maximum atomic E-state index is 13.7. The summed E-state index contributed by atoms with van der Waals surface area (Å²) < 4.78 is 6.21. The highest BCUT2D eigenvalue weighted by Gasteiger charge is 2.22. The number of benzene rings is 1. The maximum Gasteiger partial charge on any atom is 0.242 e. The molecule has 0 saturated heterocycles. The standard InChI is InChI=1S/C43H66N2O2/c1-28(2)22-42(29(3)4)47-38(13)35(10)27-44-43(46)41(26-39-24-32(7)37(12)33(8)25-39)45-36(11)17-15-14-16-31(6)23-34(9)40-20-18-30(5)19-21-40/h15,17-18,20-21,24-25,28,30-31,34-35,41-42,45H,3,11,13-14,16,19,22-23,26-27H2,1-2,4-10,12H3,(H,44,46)/b17-15+/t30?,31?,34-,35?,41-,42?/m1/s1. The summed E-state index contributed by atoms with van der Waals surface area (Å²) >= 11 is 0. The molecule has 47 heavy (non-hydrogen) atoms. The molecule has 0 saturated carbocycles. The highest BCUT2D eigenvalue weighted by molar-refractivity contribution is 5.82. The van der Waals surface area contributed by atoms with Crippen molar-refractivity contribution in [2.45, 2.75) is 120 Å². The van der Waals surface area contributed by atoms with Crippen LogP contribution in [0.5, 0.6) is 0 Å². The minimum Gasteiger partial charge on any atom is -0.491 e. The van der Waals surface area contributed by atoms with Gasteiger partial charge in [0.2, 0.25) is 5.91 Å². The van der Waals surface area contributed by atoms with E-state index in [9.17, 15) is 4.79 Å². The van der Waals surface area contributed by atoms with E-state index in [0.29, 0.717) is 42.4 Å². The van der Waals surface area contributed by atoms with E-state index in [-0.39, 0.29) is 17.9 Å². The number of hydrogen-bond donors (Lipinski definition) is 2. The zero-order valence-corrected chi connectivity index (χ0v) is 31.5. The molecule has 2 rings (SSSR count). The third-order valence-corrected chi connectivity index (χ3v) is 9.58. The second-order valence-electron chi connectivity index (χ2n) is 15.0. The van der Waals surface area contributed by atoms with Crippen molar-refractivity contribution >= 4 is 5.91 Å². The van der Waals surface area contributed by atoms with Crippen LogP contribution in [0.4, 0.5) is 0 Å². The molecule has 0 aromatic heterocycles. The fourth-order valence-electron chi connectivity index (χ4n) is 6.10. The molecule has 2 N–H and O–H groups in total. The van der Waals surface area contributed by atoms with Gasteiger partial charge in [-0.15, -0.1) is 0 Å². The summed E-state index contributed by atoms with van der Waals surface area (Å²) in [5.74, 6) is 2.93. The van der Waals surface area contributed by atoms with Gasteiger partial charge in [-0.3, -0.25) is 4.79 Å². The van der Waals surface area contributed by atoms with Crippen LogP contribution >= 0.6 is 0 Å². The monoisotopic (exact) mass is 643 g/mol. The van der Waals surface area contributed by atoms with E-state index in [4.69, 9.17) is 4.74 Å². The Labute approximate surface area is 288 Å². The van der Waals surface area contributed by atoms with Gasteiger partial charge in [0.05, 0.1) is 5.76 Å². The number of amides is 1. The lowest BCUT2D eigenvalue weighted by Gasteiger charge is -2.26. The largest absolute Gasteiger partial charge is 0.491 e. The van der Waals surface area contributed by atoms with Crippen molar-refractivity contribution in [3.05, 3.63) is 107 Å². The van der Waals surface area contributed by atoms with Crippen LogP contribution in [0.15, 0.2) is 84.9 Å². The van der Waals surface area contributed by atoms with Crippen LogP contribution in [0.1, 0.15) is 103 Å². The molecule has 1 amide bonds. The molecule has 1 aliphatic rings. The van der Waals surface area contributed by atoms with E-state index in [2.05, 4.69) is 122 Å². The van der Waals surface area contributed by atoms with Gasteiger partial charge in [0, 0.05) is 24.6 Å². The van der Waals surface area contributed by atoms with Gasteiger partial charge in [0.1, 0.15) is 12.1 Å². The predicted molar refractivity (Wildman–Crippen MR) is 203 cm³/mol. The van der Waals surface area contributed by atoms with E-state index in [1.807, 2.05) is 19.9 Å². The summed E-state index contributed by atoms with van der Waals surface area (Å²) in [6.07, 6.45) is 17.1. The zero-order chi connectivity index (χ0) is 35.3. The lowest BCUT2D eigenvalue weighted by Crippen LogP contribution is -2.46. The molecular weight excluding hydrogens is 576 g/mol. The number of carbonyl (C=O) groups excluding carboxylic acids is 1. The van der Waals surface area contributed by atoms with Crippen molar-refractivity contribution in [3.63, 3.8) is 0 Å². The summed E-state index contributed by atoms with van der Waals surface area (Å²) in [5.41, 5.74) is 8.12. The molecule has 0 fully saturated rings. The third kappa shape index (κ3) is 14.2. The Kier molecular flexibility index (Phi) is 16.6. The van der Waals surface area contributed by atoms with Gasteiger partial charge in [-0.25, -0.2) is 0 Å². The van der Waals surface area contributed by atoms with Gasteiger partial charge in [-0.1, -0.05) is 97.7 Å². The van der Waals surface area contributed by atoms with Gasteiger partial charge in [-0.2, -0.15) is 0 Å². The number of rotatable bonds is 20. The van der Waals surface area contributed by atoms with Gasteiger partial charge < -0.3 is 15.4 Å². The van der Waals surface area contributed by atoms with E-state index in [1.54, 1.807) is 0 Å². The van der Waals surface area contributed by atoms with Gasteiger partial charge in [0.25, 0.3) is 0 Å². The fraction of sp³-hybridized carbons (Fsp3) is 0.558. The molecule has 1 aromatic carbocycles. The first-order valence-corrected chi connectivity index (χ1v) is 17.9. The lowest BCUT2D eigenvalue weighted by molar-refractivity contribution is -0.123. The molecule has 4 nitrogen and oxygen atoms in total. The quantitative estimate of drug-likeness (QED) is 0.0845. The van der Waals surface area contributed by atoms with Crippen LogP contribution in [0, 0.1) is 50.4 Å². The predicted octanol–water partition coefficient (Wildman–Crippen LogP) is 10.4. The molecule has 4 unspecified atom stereocenters. The average molecular weight is 643 g/mol. The molecule has 6 atom stereocenters. The van der Waals surface area contributed by atoms with Crippen molar-refractivity contribution in [2.75, 3.05) is 6.54 Å². The fourth-order valence-corrected chi connectivity index (χ4v) is 6.10. The normalized spacial score (nSPS) is 17.9. The number of ether oxygens (including phenoxy) is 1. The molecule has 0 heterocycles. The van der Waals surface area contributed by atoms with E-state index < -0.39 is 6.04 Å². The summed E-state index contributed by atoms with van der Waals surface area (Å²) in [4.78, 5) is 13.7. The minimum atomic E-state index is -0.460. The highest BCUT2D eigenvalue weighted by Crippen LogP contribution is 2.28. The molecule has 1 aliphatic carbocycles. The Balaban J connectivity index is 2.00. The topological polar surface area (TPSA) is 50.4 Å². The van der Waals surface area contributed by atoms with Crippen LogP contribution in [-0.2, 0) is 16.0 Å². The molecule has 0 radical (unpaired) electrons. The number of allylic oxidation sites excluding steroid dienone is 6. The van der Waals surface area contributed by atoms with Crippen molar-refractivity contribution < 1.29 is 9.53 Å². The molecule has 0 spiro atoms. The van der Waals surface area contributed by atoms with E-state index in [1.165, 1.54) is 28.7 Å². The zero-order valence-electron chi connectivity index (χ0n) is 31.5. The summed E-state index contributed by atoms with van der Waals surface area (Å²) in [6.45, 7) is 34.8. The maximum absolute atomic E-state index is 13.7. The van der Waals surface area contributed by atoms with Crippen LogP contribution in [0.3, 0.4) is 0 Å². The smallest absolute Gasteiger partial charge is 0.242 e. The van der Waals surface area contributed by atoms with Crippen molar-refractivity contribution in [3.8, 4) is 0 Å². The summed E-state index contributed by atoms with van der Waals surface area (Å²) in [5, 5.41) is 6.60. The summed E-state index contributed by atoms with van der Waals surface area (Å²) in [7, 11) is 0. The van der Waals surface area contributed by atoms with Crippen LogP contribution in [-0.4, -0.2) is 24.6 Å². The van der Waals surface area contributed by atoms with E-state index >= 15 is 0 Å². The first-order valence-electron chi connectivity index (χ1n) is 17.9.